The van der Waals surface area contributed by atoms with Crippen molar-refractivity contribution in [2.45, 2.75) is 25.8 Å². The summed E-state index contributed by atoms with van der Waals surface area (Å²) < 4.78 is 1.86. The van der Waals surface area contributed by atoms with Crippen molar-refractivity contribution < 1.29 is 4.79 Å². The molecule has 120 valence electrons. The molecule has 2 N–H and O–H groups in total. The van der Waals surface area contributed by atoms with Gasteiger partial charge < -0.3 is 10.6 Å². The summed E-state index contributed by atoms with van der Waals surface area (Å²) in [7, 11) is 0. The Morgan fingerprint density at radius 2 is 2.09 bits per heavy atom. The first kappa shape index (κ1) is 14.5. The molecule has 2 aliphatic rings. The molecule has 1 aliphatic heterocycles. The Morgan fingerprint density at radius 1 is 1.30 bits per heavy atom. The minimum absolute atomic E-state index is 0.158. The van der Waals surface area contributed by atoms with Gasteiger partial charge in [0, 0.05) is 12.1 Å². The fourth-order valence-electron chi connectivity index (χ4n) is 3.71. The van der Waals surface area contributed by atoms with Crippen molar-refractivity contribution in [2.24, 2.45) is 11.3 Å². The first-order valence-corrected chi connectivity index (χ1v) is 8.33. The number of piperidine rings is 1. The van der Waals surface area contributed by atoms with Crippen molar-refractivity contribution in [3.05, 3.63) is 48.3 Å². The predicted octanol–water partition coefficient (Wildman–Crippen LogP) is 2.26. The van der Waals surface area contributed by atoms with E-state index in [4.69, 9.17) is 0 Å². The van der Waals surface area contributed by atoms with E-state index in [9.17, 15) is 4.79 Å². The number of nitrogens with zero attached hydrogens (tertiary/aromatic N) is 2. The lowest BCUT2D eigenvalue weighted by atomic mass is 9.92. The summed E-state index contributed by atoms with van der Waals surface area (Å²) in [5.74, 6) is 0.341. The van der Waals surface area contributed by atoms with E-state index in [1.807, 2.05) is 29.1 Å². The lowest BCUT2D eigenvalue weighted by molar-refractivity contribution is -0.118. The molecule has 1 unspecified atom stereocenters. The number of nitrogens with one attached hydrogen (secondary N) is 2. The Morgan fingerprint density at radius 3 is 2.87 bits per heavy atom. The SMILES string of the molecule is O=C(Nc1cnn(Cc2ccccc2)c1)C1CC12CCNCC2. The molecule has 0 bridgehead atoms. The first-order chi connectivity index (χ1) is 11.3. The molecule has 1 saturated carbocycles. The zero-order valence-electron chi connectivity index (χ0n) is 13.2. The standard InChI is InChI=1S/C18H22N4O/c23-17(16-10-18(16)6-8-19-9-7-18)21-15-11-20-22(13-15)12-14-4-2-1-3-5-14/h1-5,11,13,16,19H,6-10,12H2,(H,21,23). The zero-order chi connectivity index (χ0) is 15.7. The third-order valence-corrected chi connectivity index (χ3v) is 5.19. The molecule has 23 heavy (non-hydrogen) atoms. The van der Waals surface area contributed by atoms with E-state index in [0.717, 1.165) is 44.6 Å². The number of rotatable bonds is 4. The summed E-state index contributed by atoms with van der Waals surface area (Å²) in [6.07, 6.45) is 6.93. The molecular weight excluding hydrogens is 288 g/mol. The predicted molar refractivity (Wildman–Crippen MR) is 89.0 cm³/mol. The minimum atomic E-state index is 0.158. The summed E-state index contributed by atoms with van der Waals surface area (Å²) in [5.41, 5.74) is 2.27. The number of hydrogen-bond donors (Lipinski definition) is 2. The molecule has 1 spiro atoms. The number of carbonyl (C=O) groups excluding carboxylic acids is 1. The molecular formula is C18H22N4O. The van der Waals surface area contributed by atoms with Gasteiger partial charge in [-0.15, -0.1) is 0 Å². The van der Waals surface area contributed by atoms with Gasteiger partial charge in [-0.1, -0.05) is 30.3 Å². The van der Waals surface area contributed by atoms with E-state index in [0.29, 0.717) is 0 Å². The number of amides is 1. The van der Waals surface area contributed by atoms with E-state index in [1.54, 1.807) is 6.20 Å². The van der Waals surface area contributed by atoms with Crippen molar-refractivity contribution in [3.8, 4) is 0 Å². The van der Waals surface area contributed by atoms with Crippen molar-refractivity contribution in [3.63, 3.8) is 0 Å². The number of aromatic nitrogens is 2. The molecule has 1 aromatic carbocycles. The molecule has 1 amide bonds. The molecule has 0 radical (unpaired) electrons. The summed E-state index contributed by atoms with van der Waals surface area (Å²) in [6.45, 7) is 2.80. The van der Waals surface area contributed by atoms with Gasteiger partial charge in [-0.3, -0.25) is 9.48 Å². The molecule has 5 nitrogen and oxygen atoms in total. The lowest BCUT2D eigenvalue weighted by Crippen LogP contribution is -2.31. The van der Waals surface area contributed by atoms with Crippen LogP contribution in [0.1, 0.15) is 24.8 Å². The maximum Gasteiger partial charge on any atom is 0.228 e. The molecule has 2 heterocycles. The van der Waals surface area contributed by atoms with Crippen LogP contribution in [0.4, 0.5) is 5.69 Å². The van der Waals surface area contributed by atoms with Gasteiger partial charge in [0.2, 0.25) is 5.91 Å². The van der Waals surface area contributed by atoms with E-state index < -0.39 is 0 Å². The van der Waals surface area contributed by atoms with Crippen LogP contribution in [0.2, 0.25) is 0 Å². The van der Waals surface area contributed by atoms with Crippen LogP contribution in [0.5, 0.6) is 0 Å². The van der Waals surface area contributed by atoms with Crippen LogP contribution in [-0.2, 0) is 11.3 Å². The zero-order valence-corrected chi connectivity index (χ0v) is 13.2. The number of hydrogen-bond acceptors (Lipinski definition) is 3. The minimum Gasteiger partial charge on any atom is -0.323 e. The largest absolute Gasteiger partial charge is 0.323 e. The average Bonchev–Trinajstić information content (AvgIpc) is 3.08. The van der Waals surface area contributed by atoms with Gasteiger partial charge in [-0.2, -0.15) is 5.10 Å². The molecule has 2 fully saturated rings. The van der Waals surface area contributed by atoms with Crippen molar-refractivity contribution >= 4 is 11.6 Å². The Kier molecular flexibility index (Phi) is 3.65. The molecule has 1 aliphatic carbocycles. The molecule has 1 saturated heterocycles. The average molecular weight is 310 g/mol. The fraction of sp³-hybridized carbons (Fsp3) is 0.444. The number of carbonyl (C=O) groups is 1. The first-order valence-electron chi connectivity index (χ1n) is 8.33. The summed E-state index contributed by atoms with van der Waals surface area (Å²) >= 11 is 0. The van der Waals surface area contributed by atoms with E-state index in [2.05, 4.69) is 27.9 Å². The second kappa shape index (κ2) is 5.81. The summed E-state index contributed by atoms with van der Waals surface area (Å²) in [4.78, 5) is 12.4. The highest BCUT2D eigenvalue weighted by molar-refractivity contribution is 5.94. The topological polar surface area (TPSA) is 59.0 Å². The van der Waals surface area contributed by atoms with Crippen LogP contribution in [0.3, 0.4) is 0 Å². The van der Waals surface area contributed by atoms with Crippen molar-refractivity contribution in [1.29, 1.82) is 0 Å². The molecule has 1 atom stereocenters. The number of anilines is 1. The second-order valence-electron chi connectivity index (χ2n) is 6.77. The van der Waals surface area contributed by atoms with Gasteiger partial charge in [-0.25, -0.2) is 0 Å². The Hall–Kier alpha value is -2.14. The van der Waals surface area contributed by atoms with Crippen LogP contribution < -0.4 is 10.6 Å². The van der Waals surface area contributed by atoms with E-state index in [1.165, 1.54) is 5.56 Å². The van der Waals surface area contributed by atoms with Gasteiger partial charge in [-0.05, 0) is 43.3 Å². The molecule has 5 heteroatoms. The Balaban J connectivity index is 1.36. The third-order valence-electron chi connectivity index (χ3n) is 5.19. The maximum absolute atomic E-state index is 12.4. The van der Waals surface area contributed by atoms with Gasteiger partial charge in [0.1, 0.15) is 0 Å². The van der Waals surface area contributed by atoms with E-state index in [-0.39, 0.29) is 17.2 Å². The molecule has 1 aromatic heterocycles. The van der Waals surface area contributed by atoms with Gasteiger partial charge >= 0.3 is 0 Å². The van der Waals surface area contributed by atoms with Crippen LogP contribution >= 0.6 is 0 Å². The normalized spacial score (nSPS) is 22.0. The van der Waals surface area contributed by atoms with Gasteiger partial charge in [0.15, 0.2) is 0 Å². The van der Waals surface area contributed by atoms with E-state index >= 15 is 0 Å². The summed E-state index contributed by atoms with van der Waals surface area (Å²) in [6, 6.07) is 10.2. The van der Waals surface area contributed by atoms with Gasteiger partial charge in [0.05, 0.1) is 18.4 Å². The Labute approximate surface area is 136 Å². The lowest BCUT2D eigenvalue weighted by Gasteiger charge is -2.23. The molecule has 2 aromatic rings. The number of benzene rings is 1. The maximum atomic E-state index is 12.4. The highest BCUT2D eigenvalue weighted by atomic mass is 16.2. The smallest absolute Gasteiger partial charge is 0.228 e. The fourth-order valence-corrected chi connectivity index (χ4v) is 3.71. The summed E-state index contributed by atoms with van der Waals surface area (Å²) in [5, 5.41) is 10.8. The van der Waals surface area contributed by atoms with Crippen LogP contribution in [0.15, 0.2) is 42.7 Å². The highest BCUT2D eigenvalue weighted by Crippen LogP contribution is 2.58. The monoisotopic (exact) mass is 310 g/mol. The second-order valence-corrected chi connectivity index (χ2v) is 6.77. The van der Waals surface area contributed by atoms with Crippen molar-refractivity contribution in [2.75, 3.05) is 18.4 Å². The quantitative estimate of drug-likeness (QED) is 0.911. The van der Waals surface area contributed by atoms with Crippen LogP contribution in [0.25, 0.3) is 0 Å². The third kappa shape index (κ3) is 3.01. The molecule has 4 rings (SSSR count). The van der Waals surface area contributed by atoms with Crippen LogP contribution in [-0.4, -0.2) is 28.8 Å². The Bertz CT molecular complexity index is 688. The van der Waals surface area contributed by atoms with Crippen LogP contribution in [0, 0.1) is 11.3 Å². The van der Waals surface area contributed by atoms with Crippen molar-refractivity contribution in [1.82, 2.24) is 15.1 Å². The highest BCUT2D eigenvalue weighted by Gasteiger charge is 2.57. The van der Waals surface area contributed by atoms with Gasteiger partial charge in [0.25, 0.3) is 0 Å².